The van der Waals surface area contributed by atoms with Crippen molar-refractivity contribution >= 4 is 11.6 Å². The van der Waals surface area contributed by atoms with Crippen LogP contribution in [-0.4, -0.2) is 35.6 Å². The Balaban J connectivity index is 2.51. The lowest BCUT2D eigenvalue weighted by molar-refractivity contribution is 0.0838. The molecule has 0 aromatic heterocycles. The van der Waals surface area contributed by atoms with Crippen LogP contribution in [0, 0.1) is 0 Å². The summed E-state index contributed by atoms with van der Waals surface area (Å²) < 4.78 is 13.1. The standard InChI is InChI=1S/C8H15ClFN/c1-3-11-5-7(9)4-8(10)6(11)2/h6-8H,3-5H2,1-2H3/t6-,7?,8?/m0/s1. The Morgan fingerprint density at radius 3 is 2.82 bits per heavy atom. The van der Waals surface area contributed by atoms with Crippen LogP contribution in [0.5, 0.6) is 0 Å². The highest BCUT2D eigenvalue weighted by molar-refractivity contribution is 6.20. The van der Waals surface area contributed by atoms with Gasteiger partial charge in [0.05, 0.1) is 0 Å². The average Bonchev–Trinajstić information content (AvgIpc) is 1.96. The van der Waals surface area contributed by atoms with Gasteiger partial charge in [0.1, 0.15) is 6.17 Å². The molecule has 1 saturated heterocycles. The van der Waals surface area contributed by atoms with E-state index in [2.05, 4.69) is 4.90 Å². The molecular weight excluding hydrogens is 165 g/mol. The van der Waals surface area contributed by atoms with E-state index in [9.17, 15) is 4.39 Å². The molecule has 1 rings (SSSR count). The Bertz CT molecular complexity index is 131. The number of rotatable bonds is 1. The van der Waals surface area contributed by atoms with Crippen molar-refractivity contribution in [3.8, 4) is 0 Å². The number of likely N-dealkylation sites (tertiary alicyclic amines) is 1. The minimum atomic E-state index is -0.744. The summed E-state index contributed by atoms with van der Waals surface area (Å²) >= 11 is 5.87. The second kappa shape index (κ2) is 3.72. The van der Waals surface area contributed by atoms with Crippen LogP contribution in [0.1, 0.15) is 20.3 Å². The van der Waals surface area contributed by atoms with Crippen molar-refractivity contribution < 1.29 is 4.39 Å². The predicted molar refractivity (Wildman–Crippen MR) is 45.9 cm³/mol. The van der Waals surface area contributed by atoms with E-state index in [4.69, 9.17) is 11.6 Å². The number of nitrogens with zero attached hydrogens (tertiary/aromatic N) is 1. The minimum Gasteiger partial charge on any atom is -0.297 e. The molecule has 2 unspecified atom stereocenters. The number of hydrogen-bond donors (Lipinski definition) is 0. The maximum atomic E-state index is 13.1. The molecule has 0 aromatic carbocycles. The molecule has 0 saturated carbocycles. The van der Waals surface area contributed by atoms with Gasteiger partial charge in [-0.2, -0.15) is 0 Å². The van der Waals surface area contributed by atoms with Crippen LogP contribution in [0.2, 0.25) is 0 Å². The van der Waals surface area contributed by atoms with E-state index in [1.165, 1.54) is 0 Å². The maximum absolute atomic E-state index is 13.1. The van der Waals surface area contributed by atoms with Gasteiger partial charge in [0.25, 0.3) is 0 Å². The lowest BCUT2D eigenvalue weighted by Crippen LogP contribution is -2.48. The molecule has 0 bridgehead atoms. The minimum absolute atomic E-state index is 0.00106. The molecule has 0 N–H and O–H groups in total. The van der Waals surface area contributed by atoms with E-state index in [1.807, 2.05) is 13.8 Å². The highest BCUT2D eigenvalue weighted by atomic mass is 35.5. The van der Waals surface area contributed by atoms with E-state index in [1.54, 1.807) is 0 Å². The Morgan fingerprint density at radius 1 is 1.64 bits per heavy atom. The normalized spacial score (nSPS) is 40.9. The molecule has 11 heavy (non-hydrogen) atoms. The molecule has 1 aliphatic rings. The number of hydrogen-bond acceptors (Lipinski definition) is 1. The van der Waals surface area contributed by atoms with E-state index in [-0.39, 0.29) is 11.4 Å². The van der Waals surface area contributed by atoms with Crippen LogP contribution >= 0.6 is 11.6 Å². The summed E-state index contributed by atoms with van der Waals surface area (Å²) in [7, 11) is 0. The van der Waals surface area contributed by atoms with Gasteiger partial charge in [-0.05, 0) is 19.9 Å². The van der Waals surface area contributed by atoms with Gasteiger partial charge >= 0.3 is 0 Å². The molecule has 0 amide bonds. The molecule has 1 fully saturated rings. The molecule has 0 aromatic rings. The largest absolute Gasteiger partial charge is 0.297 e. The molecular formula is C8H15ClFN. The molecule has 0 radical (unpaired) electrons. The molecule has 3 atom stereocenters. The first-order valence-corrected chi connectivity index (χ1v) is 4.61. The van der Waals surface area contributed by atoms with Crippen LogP contribution in [-0.2, 0) is 0 Å². The van der Waals surface area contributed by atoms with Gasteiger partial charge in [0.15, 0.2) is 0 Å². The molecule has 3 heteroatoms. The zero-order valence-electron chi connectivity index (χ0n) is 7.06. The Morgan fingerprint density at radius 2 is 2.27 bits per heavy atom. The summed E-state index contributed by atoms with van der Waals surface area (Å²) in [5.74, 6) is 0. The van der Waals surface area contributed by atoms with E-state index in [0.717, 1.165) is 13.1 Å². The quantitative estimate of drug-likeness (QED) is 0.557. The average molecular weight is 180 g/mol. The number of halogens is 2. The number of alkyl halides is 2. The first-order valence-electron chi connectivity index (χ1n) is 4.17. The van der Waals surface area contributed by atoms with Crippen LogP contribution in [0.25, 0.3) is 0 Å². The Kier molecular flexibility index (Phi) is 3.14. The van der Waals surface area contributed by atoms with Crippen molar-refractivity contribution in [2.24, 2.45) is 0 Å². The van der Waals surface area contributed by atoms with Gasteiger partial charge in [0.2, 0.25) is 0 Å². The van der Waals surface area contributed by atoms with Crippen LogP contribution in [0.15, 0.2) is 0 Å². The second-order valence-electron chi connectivity index (χ2n) is 3.18. The third kappa shape index (κ3) is 2.06. The highest BCUT2D eigenvalue weighted by Gasteiger charge is 2.31. The van der Waals surface area contributed by atoms with Crippen LogP contribution in [0.4, 0.5) is 4.39 Å². The fourth-order valence-corrected chi connectivity index (χ4v) is 1.93. The maximum Gasteiger partial charge on any atom is 0.117 e. The third-order valence-corrected chi connectivity index (χ3v) is 2.74. The summed E-state index contributed by atoms with van der Waals surface area (Å²) in [6.07, 6.45) is -0.231. The van der Waals surface area contributed by atoms with Crippen LogP contribution < -0.4 is 0 Å². The monoisotopic (exact) mass is 179 g/mol. The van der Waals surface area contributed by atoms with Crippen molar-refractivity contribution in [1.29, 1.82) is 0 Å². The highest BCUT2D eigenvalue weighted by Crippen LogP contribution is 2.23. The number of piperidine rings is 1. The molecule has 1 heterocycles. The molecule has 0 aliphatic carbocycles. The zero-order valence-corrected chi connectivity index (χ0v) is 7.81. The van der Waals surface area contributed by atoms with Crippen molar-refractivity contribution in [3.05, 3.63) is 0 Å². The Labute approximate surface area is 72.5 Å². The third-order valence-electron chi connectivity index (χ3n) is 2.42. The summed E-state index contributed by atoms with van der Waals surface area (Å²) in [5, 5.41) is 0.00106. The topological polar surface area (TPSA) is 3.24 Å². The van der Waals surface area contributed by atoms with Gasteiger partial charge in [-0.1, -0.05) is 6.92 Å². The van der Waals surface area contributed by atoms with Crippen molar-refractivity contribution in [3.63, 3.8) is 0 Å². The van der Waals surface area contributed by atoms with Gasteiger partial charge < -0.3 is 0 Å². The van der Waals surface area contributed by atoms with Crippen molar-refractivity contribution in [2.75, 3.05) is 13.1 Å². The molecule has 66 valence electrons. The van der Waals surface area contributed by atoms with Gasteiger partial charge in [-0.15, -0.1) is 11.6 Å². The molecule has 0 spiro atoms. The second-order valence-corrected chi connectivity index (χ2v) is 3.79. The van der Waals surface area contributed by atoms with Gasteiger partial charge in [-0.3, -0.25) is 4.90 Å². The molecule has 1 nitrogen and oxygen atoms in total. The SMILES string of the molecule is CCN1CC(Cl)CC(F)[C@@H]1C. The smallest absolute Gasteiger partial charge is 0.117 e. The lowest BCUT2D eigenvalue weighted by Gasteiger charge is -2.37. The molecule has 1 aliphatic heterocycles. The zero-order chi connectivity index (χ0) is 8.43. The predicted octanol–water partition coefficient (Wildman–Crippen LogP) is 2.05. The fraction of sp³-hybridized carbons (Fsp3) is 1.00. The summed E-state index contributed by atoms with van der Waals surface area (Å²) in [6.45, 7) is 5.69. The lowest BCUT2D eigenvalue weighted by atomic mass is 10.0. The van der Waals surface area contributed by atoms with Gasteiger partial charge in [-0.25, -0.2) is 4.39 Å². The van der Waals surface area contributed by atoms with E-state index in [0.29, 0.717) is 6.42 Å². The first-order chi connectivity index (χ1) is 5.15. The van der Waals surface area contributed by atoms with Crippen LogP contribution in [0.3, 0.4) is 0 Å². The summed E-state index contributed by atoms with van der Waals surface area (Å²) in [4.78, 5) is 2.09. The van der Waals surface area contributed by atoms with Crippen molar-refractivity contribution in [2.45, 2.75) is 37.9 Å². The van der Waals surface area contributed by atoms with Crippen molar-refractivity contribution in [1.82, 2.24) is 4.90 Å². The summed E-state index contributed by atoms with van der Waals surface area (Å²) in [6, 6.07) is 0.0509. The Hall–Kier alpha value is 0.180. The fourth-order valence-electron chi connectivity index (χ4n) is 1.58. The van der Waals surface area contributed by atoms with Gasteiger partial charge in [0, 0.05) is 18.0 Å². The van der Waals surface area contributed by atoms with E-state index < -0.39 is 6.17 Å². The summed E-state index contributed by atoms with van der Waals surface area (Å²) in [5.41, 5.74) is 0. The first kappa shape index (κ1) is 9.27. The van der Waals surface area contributed by atoms with E-state index >= 15 is 0 Å².